The highest BCUT2D eigenvalue weighted by atomic mass is 16.1. The lowest BCUT2D eigenvalue weighted by atomic mass is 10.1. The van der Waals surface area contributed by atoms with Gasteiger partial charge in [0.05, 0.1) is 6.54 Å². The Morgan fingerprint density at radius 1 is 1.24 bits per heavy atom. The Kier molecular flexibility index (Phi) is 5.20. The predicted octanol–water partition coefficient (Wildman–Crippen LogP) is 2.32. The number of hydrogen-bond donors (Lipinski definition) is 1. The van der Waals surface area contributed by atoms with Gasteiger partial charge >= 0.3 is 0 Å². The van der Waals surface area contributed by atoms with Crippen LogP contribution in [0.15, 0.2) is 67.4 Å². The van der Waals surface area contributed by atoms with Crippen LogP contribution >= 0.6 is 0 Å². The minimum Gasteiger partial charge on any atom is -0.369 e. The summed E-state index contributed by atoms with van der Waals surface area (Å²) in [6, 6.07) is 14.1. The molecular formula is C19H21N5O. The zero-order valence-corrected chi connectivity index (χ0v) is 14.1. The number of primary amides is 1. The van der Waals surface area contributed by atoms with Crippen molar-refractivity contribution in [1.82, 2.24) is 19.4 Å². The highest BCUT2D eigenvalue weighted by Crippen LogP contribution is 2.22. The zero-order chi connectivity index (χ0) is 17.6. The van der Waals surface area contributed by atoms with E-state index in [0.717, 1.165) is 16.9 Å². The molecule has 0 spiro atoms. The van der Waals surface area contributed by atoms with E-state index in [0.29, 0.717) is 6.54 Å². The normalized spacial score (nSPS) is 12.2. The molecule has 25 heavy (non-hydrogen) atoms. The summed E-state index contributed by atoms with van der Waals surface area (Å²) < 4.78 is 1.84. The van der Waals surface area contributed by atoms with Crippen LogP contribution < -0.4 is 5.73 Å². The second kappa shape index (κ2) is 7.72. The van der Waals surface area contributed by atoms with Crippen molar-refractivity contribution in [2.24, 2.45) is 5.73 Å². The summed E-state index contributed by atoms with van der Waals surface area (Å²) in [4.78, 5) is 22.0. The van der Waals surface area contributed by atoms with E-state index in [1.165, 1.54) is 0 Å². The van der Waals surface area contributed by atoms with Crippen molar-refractivity contribution >= 4 is 5.91 Å². The number of carbonyl (C=O) groups is 1. The summed E-state index contributed by atoms with van der Waals surface area (Å²) in [6.07, 6.45) is 7.09. The van der Waals surface area contributed by atoms with E-state index in [4.69, 9.17) is 5.73 Å². The van der Waals surface area contributed by atoms with E-state index >= 15 is 0 Å². The first kappa shape index (κ1) is 16.9. The second-order valence-electron chi connectivity index (χ2n) is 5.95. The molecule has 2 N–H and O–H groups in total. The van der Waals surface area contributed by atoms with Gasteiger partial charge in [0.1, 0.15) is 12.1 Å². The summed E-state index contributed by atoms with van der Waals surface area (Å²) >= 11 is 0. The van der Waals surface area contributed by atoms with Gasteiger partial charge in [-0.3, -0.25) is 14.3 Å². The second-order valence-corrected chi connectivity index (χ2v) is 5.95. The first-order valence-corrected chi connectivity index (χ1v) is 8.14. The smallest absolute Gasteiger partial charge is 0.231 e. The van der Waals surface area contributed by atoms with Crippen LogP contribution in [-0.4, -0.2) is 31.9 Å². The van der Waals surface area contributed by atoms with Crippen molar-refractivity contribution in [1.29, 1.82) is 0 Å². The largest absolute Gasteiger partial charge is 0.369 e. The van der Waals surface area contributed by atoms with Gasteiger partial charge in [-0.1, -0.05) is 36.4 Å². The van der Waals surface area contributed by atoms with Crippen molar-refractivity contribution in [3.05, 3.63) is 78.5 Å². The number of rotatable bonds is 7. The first-order chi connectivity index (χ1) is 12.1. The van der Waals surface area contributed by atoms with Gasteiger partial charge < -0.3 is 5.73 Å². The molecule has 2 heterocycles. The number of benzene rings is 1. The standard InChI is InChI=1S/C19H21N5O/c1-15(17-5-3-2-4-6-17)24(13-18(20)25)12-16-7-8-19(22-11-16)23-10-9-21-14-23/h2-11,14-15H,12-13H2,1H3,(H2,20,25)/t15-/m1/s1. The van der Waals surface area contributed by atoms with Crippen molar-refractivity contribution < 1.29 is 4.79 Å². The average Bonchev–Trinajstić information content (AvgIpc) is 3.16. The van der Waals surface area contributed by atoms with Crippen LogP contribution in [0.3, 0.4) is 0 Å². The number of imidazole rings is 1. The summed E-state index contributed by atoms with van der Waals surface area (Å²) in [6.45, 7) is 2.86. The van der Waals surface area contributed by atoms with Crippen LogP contribution in [0.2, 0.25) is 0 Å². The SMILES string of the molecule is C[C@H](c1ccccc1)N(CC(N)=O)Cc1ccc(-n2ccnc2)nc1. The summed E-state index contributed by atoms with van der Waals surface area (Å²) in [7, 11) is 0. The minimum absolute atomic E-state index is 0.0713. The van der Waals surface area contributed by atoms with Crippen LogP contribution in [0, 0.1) is 0 Å². The van der Waals surface area contributed by atoms with Crippen LogP contribution in [0.5, 0.6) is 0 Å². The molecule has 1 atom stereocenters. The lowest BCUT2D eigenvalue weighted by Crippen LogP contribution is -2.35. The Labute approximate surface area is 146 Å². The third-order valence-corrected chi connectivity index (χ3v) is 4.15. The maximum Gasteiger partial charge on any atom is 0.231 e. The molecule has 0 aliphatic carbocycles. The number of amides is 1. The third-order valence-electron chi connectivity index (χ3n) is 4.15. The third kappa shape index (κ3) is 4.30. The van der Waals surface area contributed by atoms with Gasteiger partial charge in [-0.05, 0) is 24.1 Å². The predicted molar refractivity (Wildman–Crippen MR) is 95.8 cm³/mol. The van der Waals surface area contributed by atoms with Crippen LogP contribution in [0.4, 0.5) is 0 Å². The summed E-state index contributed by atoms with van der Waals surface area (Å²) in [5.74, 6) is 0.463. The summed E-state index contributed by atoms with van der Waals surface area (Å²) in [5.41, 5.74) is 7.61. The molecule has 0 radical (unpaired) electrons. The monoisotopic (exact) mass is 335 g/mol. The molecule has 0 fully saturated rings. The molecule has 0 bridgehead atoms. The van der Waals surface area contributed by atoms with Crippen molar-refractivity contribution in [3.8, 4) is 5.82 Å². The Balaban J connectivity index is 1.77. The maximum atomic E-state index is 11.5. The molecule has 0 aliphatic rings. The van der Waals surface area contributed by atoms with Crippen molar-refractivity contribution in [2.75, 3.05) is 6.54 Å². The molecule has 0 saturated carbocycles. The van der Waals surface area contributed by atoms with Crippen LogP contribution in [0.1, 0.15) is 24.1 Å². The van der Waals surface area contributed by atoms with Crippen molar-refractivity contribution in [2.45, 2.75) is 19.5 Å². The van der Waals surface area contributed by atoms with Gasteiger partial charge in [0.25, 0.3) is 0 Å². The number of nitrogens with two attached hydrogens (primary N) is 1. The lowest BCUT2D eigenvalue weighted by Gasteiger charge is -2.28. The summed E-state index contributed by atoms with van der Waals surface area (Å²) in [5, 5.41) is 0. The molecule has 6 heteroatoms. The van der Waals surface area contributed by atoms with E-state index in [2.05, 4.69) is 29.0 Å². The molecule has 6 nitrogen and oxygen atoms in total. The fourth-order valence-electron chi connectivity index (χ4n) is 2.76. The van der Waals surface area contributed by atoms with E-state index in [9.17, 15) is 4.79 Å². The molecule has 128 valence electrons. The maximum absolute atomic E-state index is 11.5. The number of aromatic nitrogens is 3. The molecule has 2 aromatic heterocycles. The van der Waals surface area contributed by atoms with Crippen LogP contribution in [0.25, 0.3) is 5.82 Å². The quantitative estimate of drug-likeness (QED) is 0.719. The fraction of sp³-hybridized carbons (Fsp3) is 0.211. The Bertz CT molecular complexity index is 800. The van der Waals surface area contributed by atoms with Gasteiger partial charge in [-0.15, -0.1) is 0 Å². The molecule has 0 saturated heterocycles. The number of nitrogens with zero attached hydrogens (tertiary/aromatic N) is 4. The first-order valence-electron chi connectivity index (χ1n) is 8.14. The van der Waals surface area contributed by atoms with E-state index in [1.54, 1.807) is 12.5 Å². The fourth-order valence-corrected chi connectivity index (χ4v) is 2.76. The molecule has 0 unspecified atom stereocenters. The Morgan fingerprint density at radius 2 is 2.04 bits per heavy atom. The van der Waals surface area contributed by atoms with E-state index in [-0.39, 0.29) is 18.5 Å². The highest BCUT2D eigenvalue weighted by molar-refractivity contribution is 5.76. The number of pyridine rings is 1. The molecule has 3 aromatic rings. The average molecular weight is 335 g/mol. The van der Waals surface area contributed by atoms with E-state index in [1.807, 2.05) is 52.2 Å². The van der Waals surface area contributed by atoms with Gasteiger partial charge in [0.15, 0.2) is 0 Å². The zero-order valence-electron chi connectivity index (χ0n) is 14.1. The Morgan fingerprint density at radius 3 is 2.64 bits per heavy atom. The highest BCUT2D eigenvalue weighted by Gasteiger charge is 2.18. The lowest BCUT2D eigenvalue weighted by molar-refractivity contribution is -0.119. The minimum atomic E-state index is -0.342. The number of hydrogen-bond acceptors (Lipinski definition) is 4. The Hall–Kier alpha value is -2.99. The van der Waals surface area contributed by atoms with Crippen molar-refractivity contribution in [3.63, 3.8) is 0 Å². The van der Waals surface area contributed by atoms with Gasteiger partial charge in [-0.2, -0.15) is 0 Å². The molecular weight excluding hydrogens is 314 g/mol. The van der Waals surface area contributed by atoms with E-state index < -0.39 is 0 Å². The molecule has 1 amide bonds. The molecule has 3 rings (SSSR count). The topological polar surface area (TPSA) is 77.0 Å². The molecule has 1 aromatic carbocycles. The van der Waals surface area contributed by atoms with Gasteiger partial charge in [0.2, 0.25) is 5.91 Å². The van der Waals surface area contributed by atoms with Crippen LogP contribution in [-0.2, 0) is 11.3 Å². The van der Waals surface area contributed by atoms with Gasteiger partial charge in [-0.25, -0.2) is 9.97 Å². The van der Waals surface area contributed by atoms with Gasteiger partial charge in [0, 0.05) is 31.2 Å². The number of carbonyl (C=O) groups excluding carboxylic acids is 1. The molecule has 0 aliphatic heterocycles.